The molecule has 4 rings (SSSR count). The lowest BCUT2D eigenvalue weighted by Crippen LogP contribution is -2.25. The first-order valence-electron chi connectivity index (χ1n) is 8.41. The molecule has 0 fully saturated rings. The summed E-state index contributed by atoms with van der Waals surface area (Å²) in [5.74, 6) is -0.533. The van der Waals surface area contributed by atoms with Crippen molar-refractivity contribution in [3.8, 4) is 5.75 Å². The number of nitrogens with one attached hydrogen (secondary N) is 1. The lowest BCUT2D eigenvalue weighted by atomic mass is 9.84. The molecule has 140 valence electrons. The van der Waals surface area contributed by atoms with Crippen molar-refractivity contribution in [2.45, 2.75) is 4.90 Å². The second-order valence-corrected chi connectivity index (χ2v) is 7.84. The zero-order valence-corrected chi connectivity index (χ0v) is 15.6. The van der Waals surface area contributed by atoms with Crippen LogP contribution in [0.1, 0.15) is 31.8 Å². The fraction of sp³-hybridized carbons (Fsp3) is 0.0476. The third-order valence-corrected chi connectivity index (χ3v) is 5.96. The number of hydrogen-bond donors (Lipinski definition) is 1. The third kappa shape index (κ3) is 2.76. The maximum absolute atomic E-state index is 13.1. The molecule has 7 heteroatoms. The maximum atomic E-state index is 13.1. The number of anilines is 1. The molecule has 0 spiro atoms. The minimum atomic E-state index is -4.15. The quantitative estimate of drug-likeness (QED) is 0.575. The van der Waals surface area contributed by atoms with Crippen LogP contribution < -0.4 is 9.46 Å². The predicted octanol–water partition coefficient (Wildman–Crippen LogP) is 3.27. The van der Waals surface area contributed by atoms with Crippen LogP contribution in [0.25, 0.3) is 0 Å². The van der Waals surface area contributed by atoms with Crippen molar-refractivity contribution in [1.29, 1.82) is 0 Å². The normalized spacial score (nSPS) is 12.9. The van der Waals surface area contributed by atoms with Crippen LogP contribution in [0, 0.1) is 0 Å². The molecular formula is C21H15NO5S. The molecule has 3 aromatic rings. The largest absolute Gasteiger partial charge is 0.495 e. The SMILES string of the molecule is COc1ccccc1NS(=O)(=O)c1cccc2c1C(=O)c1ccccc1C2=O. The molecule has 0 radical (unpaired) electrons. The number of ketones is 2. The highest BCUT2D eigenvalue weighted by Gasteiger charge is 2.34. The molecule has 1 N–H and O–H groups in total. The summed E-state index contributed by atoms with van der Waals surface area (Å²) >= 11 is 0. The highest BCUT2D eigenvalue weighted by Crippen LogP contribution is 2.33. The van der Waals surface area contributed by atoms with E-state index >= 15 is 0 Å². The molecule has 0 heterocycles. The molecule has 0 amide bonds. The van der Waals surface area contributed by atoms with Gasteiger partial charge in [-0.15, -0.1) is 0 Å². The standard InChI is InChI=1S/C21H15NO5S/c1-27-17-11-5-4-10-16(17)22-28(25,26)18-12-6-9-15-19(18)21(24)14-8-3-2-7-13(14)20(15)23/h2-12,22H,1H3. The highest BCUT2D eigenvalue weighted by molar-refractivity contribution is 7.92. The van der Waals surface area contributed by atoms with Gasteiger partial charge in [-0.05, 0) is 18.2 Å². The molecule has 0 aromatic heterocycles. The fourth-order valence-corrected chi connectivity index (χ4v) is 4.56. The summed E-state index contributed by atoms with van der Waals surface area (Å²) in [6.45, 7) is 0. The summed E-state index contributed by atoms with van der Waals surface area (Å²) in [4.78, 5) is 25.6. The van der Waals surface area contributed by atoms with E-state index in [-0.39, 0.29) is 38.6 Å². The fourth-order valence-electron chi connectivity index (χ4n) is 3.27. The van der Waals surface area contributed by atoms with Crippen LogP contribution in [0.3, 0.4) is 0 Å². The van der Waals surface area contributed by atoms with Gasteiger partial charge in [0.2, 0.25) is 0 Å². The second-order valence-electron chi connectivity index (χ2n) is 6.19. The third-order valence-electron chi connectivity index (χ3n) is 4.56. The Morgan fingerprint density at radius 3 is 2.07 bits per heavy atom. The van der Waals surface area contributed by atoms with Crippen molar-refractivity contribution < 1.29 is 22.7 Å². The van der Waals surface area contributed by atoms with Crippen molar-refractivity contribution >= 4 is 27.3 Å². The average Bonchev–Trinajstić information content (AvgIpc) is 2.71. The molecule has 0 saturated carbocycles. The van der Waals surface area contributed by atoms with E-state index < -0.39 is 15.8 Å². The molecule has 0 aliphatic heterocycles. The first kappa shape index (κ1) is 17.9. The van der Waals surface area contributed by atoms with Gasteiger partial charge in [0.05, 0.1) is 23.3 Å². The zero-order chi connectivity index (χ0) is 19.9. The number of hydrogen-bond acceptors (Lipinski definition) is 5. The lowest BCUT2D eigenvalue weighted by Gasteiger charge is -2.20. The number of benzene rings is 3. The van der Waals surface area contributed by atoms with Crippen LogP contribution >= 0.6 is 0 Å². The lowest BCUT2D eigenvalue weighted by molar-refractivity contribution is 0.0976. The number of carbonyl (C=O) groups is 2. The summed E-state index contributed by atoms with van der Waals surface area (Å²) in [7, 11) is -2.72. The van der Waals surface area contributed by atoms with E-state index in [0.717, 1.165) is 0 Å². The minimum Gasteiger partial charge on any atom is -0.495 e. The van der Waals surface area contributed by atoms with Gasteiger partial charge >= 0.3 is 0 Å². The van der Waals surface area contributed by atoms with E-state index in [1.165, 1.54) is 31.4 Å². The number of fused-ring (bicyclic) bond motifs is 2. The van der Waals surface area contributed by atoms with Gasteiger partial charge in [-0.3, -0.25) is 14.3 Å². The number of carbonyl (C=O) groups excluding carboxylic acids is 2. The van der Waals surface area contributed by atoms with E-state index in [1.807, 2.05) is 0 Å². The Balaban J connectivity index is 1.87. The van der Waals surface area contributed by atoms with Gasteiger partial charge < -0.3 is 4.74 Å². The Hall–Kier alpha value is -3.45. The summed E-state index contributed by atoms with van der Waals surface area (Å²) in [5.41, 5.74) is 0.657. The monoisotopic (exact) mass is 393 g/mol. The Bertz CT molecular complexity index is 1230. The number of sulfonamides is 1. The Morgan fingerprint density at radius 1 is 0.750 bits per heavy atom. The number of methoxy groups -OCH3 is 1. The predicted molar refractivity (Wildman–Crippen MR) is 104 cm³/mol. The van der Waals surface area contributed by atoms with Crippen LogP contribution in [0.15, 0.2) is 71.6 Å². The summed E-state index contributed by atoms with van der Waals surface area (Å²) in [5, 5.41) is 0. The molecule has 1 aliphatic rings. The molecule has 1 aliphatic carbocycles. The Morgan fingerprint density at radius 2 is 1.36 bits per heavy atom. The van der Waals surface area contributed by atoms with E-state index in [0.29, 0.717) is 5.75 Å². The van der Waals surface area contributed by atoms with Crippen LogP contribution in [0.4, 0.5) is 5.69 Å². The van der Waals surface area contributed by atoms with Crippen molar-refractivity contribution in [2.75, 3.05) is 11.8 Å². The second kappa shape index (κ2) is 6.61. The molecule has 3 aromatic carbocycles. The van der Waals surface area contributed by atoms with Gasteiger partial charge in [-0.2, -0.15) is 0 Å². The van der Waals surface area contributed by atoms with Crippen molar-refractivity contribution in [3.05, 3.63) is 89.0 Å². The number of ether oxygens (including phenoxy) is 1. The molecular weight excluding hydrogens is 378 g/mol. The minimum absolute atomic E-state index is 0.0756. The molecule has 28 heavy (non-hydrogen) atoms. The summed E-state index contributed by atoms with van der Waals surface area (Å²) in [6.07, 6.45) is 0. The van der Waals surface area contributed by atoms with Crippen molar-refractivity contribution in [3.63, 3.8) is 0 Å². The summed E-state index contributed by atoms with van der Waals surface area (Å²) < 4.78 is 33.8. The molecule has 6 nitrogen and oxygen atoms in total. The van der Waals surface area contributed by atoms with Gasteiger partial charge in [0.15, 0.2) is 11.6 Å². The van der Waals surface area contributed by atoms with Crippen LogP contribution in [0.5, 0.6) is 5.75 Å². The molecule has 0 bridgehead atoms. The van der Waals surface area contributed by atoms with E-state index in [4.69, 9.17) is 4.74 Å². The Kier molecular flexibility index (Phi) is 4.24. The molecule has 0 atom stereocenters. The molecule has 0 saturated heterocycles. The van der Waals surface area contributed by atoms with E-state index in [9.17, 15) is 18.0 Å². The van der Waals surface area contributed by atoms with Gasteiger partial charge in [0, 0.05) is 16.7 Å². The summed E-state index contributed by atoms with van der Waals surface area (Å²) in [6, 6.07) is 17.2. The van der Waals surface area contributed by atoms with Crippen molar-refractivity contribution in [2.24, 2.45) is 0 Å². The molecule has 0 unspecified atom stereocenters. The van der Waals surface area contributed by atoms with Gasteiger partial charge in [0.25, 0.3) is 10.0 Å². The van der Waals surface area contributed by atoms with Crippen molar-refractivity contribution in [1.82, 2.24) is 0 Å². The average molecular weight is 393 g/mol. The van der Waals surface area contributed by atoms with Crippen LogP contribution in [-0.2, 0) is 10.0 Å². The maximum Gasteiger partial charge on any atom is 0.262 e. The number of rotatable bonds is 4. The van der Waals surface area contributed by atoms with Crippen LogP contribution in [-0.4, -0.2) is 27.1 Å². The van der Waals surface area contributed by atoms with E-state index in [2.05, 4.69) is 4.72 Å². The first-order valence-corrected chi connectivity index (χ1v) is 9.89. The zero-order valence-electron chi connectivity index (χ0n) is 14.8. The van der Waals surface area contributed by atoms with Crippen LogP contribution in [0.2, 0.25) is 0 Å². The Labute approximate surface area is 161 Å². The first-order chi connectivity index (χ1) is 13.4. The highest BCUT2D eigenvalue weighted by atomic mass is 32.2. The number of para-hydroxylation sites is 2. The van der Waals surface area contributed by atoms with Gasteiger partial charge in [-0.1, -0.05) is 48.5 Å². The van der Waals surface area contributed by atoms with Gasteiger partial charge in [-0.25, -0.2) is 8.42 Å². The van der Waals surface area contributed by atoms with E-state index in [1.54, 1.807) is 42.5 Å². The topological polar surface area (TPSA) is 89.5 Å². The van der Waals surface area contributed by atoms with Gasteiger partial charge in [0.1, 0.15) is 5.75 Å². The smallest absolute Gasteiger partial charge is 0.262 e.